The van der Waals surface area contributed by atoms with Gasteiger partial charge in [0, 0.05) is 19.2 Å². The lowest BCUT2D eigenvalue weighted by atomic mass is 10.1. The highest BCUT2D eigenvalue weighted by Crippen LogP contribution is 2.40. The summed E-state index contributed by atoms with van der Waals surface area (Å²) >= 11 is 0. The topological polar surface area (TPSA) is 78.5 Å². The summed E-state index contributed by atoms with van der Waals surface area (Å²) in [4.78, 5) is 14.1. The van der Waals surface area contributed by atoms with Gasteiger partial charge in [-0.05, 0) is 36.2 Å². The van der Waals surface area contributed by atoms with E-state index in [2.05, 4.69) is 5.32 Å². The number of nitrogens with one attached hydrogen (secondary N) is 1. The van der Waals surface area contributed by atoms with Gasteiger partial charge in [-0.1, -0.05) is 6.07 Å². The number of hydrogen-bond donors (Lipinski definition) is 1. The predicted octanol–water partition coefficient (Wildman–Crippen LogP) is 3.11. The highest BCUT2D eigenvalue weighted by molar-refractivity contribution is 5.74. The van der Waals surface area contributed by atoms with Gasteiger partial charge in [-0.3, -0.25) is 0 Å². The Bertz CT molecular complexity index is 856. The molecule has 0 aliphatic carbocycles. The van der Waals surface area contributed by atoms with Gasteiger partial charge in [0.25, 0.3) is 0 Å². The van der Waals surface area contributed by atoms with Gasteiger partial charge in [0.05, 0.1) is 42.1 Å². The number of rotatable bonds is 10. The van der Waals surface area contributed by atoms with E-state index >= 15 is 0 Å². The zero-order valence-electron chi connectivity index (χ0n) is 18.4. The monoisotopic (exact) mass is 418 g/mol. The van der Waals surface area contributed by atoms with E-state index in [1.807, 2.05) is 24.3 Å². The maximum absolute atomic E-state index is 12.5. The van der Waals surface area contributed by atoms with Crippen molar-refractivity contribution < 1.29 is 28.5 Å². The molecule has 2 rings (SSSR count). The summed E-state index contributed by atoms with van der Waals surface area (Å²) in [7, 11) is 9.59. The van der Waals surface area contributed by atoms with Crippen LogP contribution in [0.4, 0.5) is 4.79 Å². The molecule has 0 unspecified atom stereocenters. The van der Waals surface area contributed by atoms with Crippen LogP contribution in [0.5, 0.6) is 28.7 Å². The van der Waals surface area contributed by atoms with Crippen molar-refractivity contribution in [2.75, 3.05) is 49.1 Å². The number of benzene rings is 2. The number of amides is 2. The Kier molecular flexibility index (Phi) is 8.46. The van der Waals surface area contributed by atoms with Crippen LogP contribution in [-0.4, -0.2) is 60.1 Å². The third-order valence-corrected chi connectivity index (χ3v) is 4.68. The molecule has 0 saturated heterocycles. The van der Waals surface area contributed by atoms with E-state index in [1.54, 1.807) is 53.6 Å². The fourth-order valence-electron chi connectivity index (χ4n) is 3.10. The van der Waals surface area contributed by atoms with Crippen molar-refractivity contribution in [3.8, 4) is 28.7 Å². The highest BCUT2D eigenvalue weighted by atomic mass is 16.5. The average Bonchev–Trinajstić information content (AvgIpc) is 2.78. The molecule has 0 radical (unpaired) electrons. The molecule has 164 valence electrons. The zero-order valence-corrected chi connectivity index (χ0v) is 18.4. The second kappa shape index (κ2) is 11.0. The van der Waals surface area contributed by atoms with E-state index in [9.17, 15) is 4.79 Å². The van der Waals surface area contributed by atoms with Crippen molar-refractivity contribution in [3.05, 3.63) is 41.5 Å². The SMILES string of the molecule is COc1ccc(CCNC(=O)N(C)Cc2ccc(OC)c(OC)c2OC)cc1OC. The van der Waals surface area contributed by atoms with Gasteiger partial charge in [0.1, 0.15) is 0 Å². The summed E-state index contributed by atoms with van der Waals surface area (Å²) in [6.07, 6.45) is 0.666. The molecule has 0 atom stereocenters. The first-order valence-electron chi connectivity index (χ1n) is 9.46. The summed E-state index contributed by atoms with van der Waals surface area (Å²) in [6.45, 7) is 0.841. The van der Waals surface area contributed by atoms with Crippen molar-refractivity contribution in [3.63, 3.8) is 0 Å². The minimum absolute atomic E-state index is 0.188. The summed E-state index contributed by atoms with van der Waals surface area (Å²) in [6, 6.07) is 9.17. The molecule has 0 fully saturated rings. The van der Waals surface area contributed by atoms with Gasteiger partial charge in [-0.2, -0.15) is 0 Å². The predicted molar refractivity (Wildman–Crippen MR) is 114 cm³/mol. The first-order chi connectivity index (χ1) is 14.5. The van der Waals surface area contributed by atoms with E-state index in [0.29, 0.717) is 48.3 Å². The van der Waals surface area contributed by atoms with Crippen LogP contribution >= 0.6 is 0 Å². The molecule has 8 heteroatoms. The van der Waals surface area contributed by atoms with E-state index < -0.39 is 0 Å². The molecule has 0 heterocycles. The summed E-state index contributed by atoms with van der Waals surface area (Å²) in [5.74, 6) is 2.95. The number of ether oxygens (including phenoxy) is 5. The molecule has 8 nitrogen and oxygen atoms in total. The second-order valence-corrected chi connectivity index (χ2v) is 6.52. The van der Waals surface area contributed by atoms with Gasteiger partial charge in [-0.15, -0.1) is 0 Å². The lowest BCUT2D eigenvalue weighted by Gasteiger charge is -2.21. The van der Waals surface area contributed by atoms with Crippen molar-refractivity contribution in [2.45, 2.75) is 13.0 Å². The Hall–Kier alpha value is -3.29. The van der Waals surface area contributed by atoms with E-state index in [0.717, 1.165) is 11.1 Å². The highest BCUT2D eigenvalue weighted by Gasteiger charge is 2.18. The van der Waals surface area contributed by atoms with Gasteiger partial charge in [0.2, 0.25) is 5.75 Å². The number of urea groups is 1. The summed E-state index contributed by atoms with van der Waals surface area (Å²) in [5, 5.41) is 2.92. The molecule has 0 aliphatic heterocycles. The standard InChI is InChI=1S/C22H30N2O6/c1-24(14-16-8-10-18(27-3)21(30-6)20(16)29-5)22(25)23-12-11-15-7-9-17(26-2)19(13-15)28-4/h7-10,13H,11-12,14H2,1-6H3,(H,23,25). The molecule has 0 spiro atoms. The number of nitrogens with zero attached hydrogens (tertiary/aromatic N) is 1. The second-order valence-electron chi connectivity index (χ2n) is 6.52. The Morgan fingerprint density at radius 1 is 0.833 bits per heavy atom. The van der Waals surface area contributed by atoms with Crippen LogP contribution in [-0.2, 0) is 13.0 Å². The van der Waals surface area contributed by atoms with Gasteiger partial charge < -0.3 is 33.9 Å². The minimum atomic E-state index is -0.188. The smallest absolute Gasteiger partial charge is 0.317 e. The van der Waals surface area contributed by atoms with Crippen LogP contribution < -0.4 is 29.0 Å². The van der Waals surface area contributed by atoms with Crippen molar-refractivity contribution in [2.24, 2.45) is 0 Å². The Morgan fingerprint density at radius 3 is 2.07 bits per heavy atom. The number of carbonyl (C=O) groups excluding carboxylic acids is 1. The molecule has 2 amide bonds. The Balaban J connectivity index is 1.97. The molecular formula is C22H30N2O6. The van der Waals surface area contributed by atoms with Crippen LogP contribution in [0.3, 0.4) is 0 Å². The van der Waals surface area contributed by atoms with E-state index in [4.69, 9.17) is 23.7 Å². The maximum atomic E-state index is 12.5. The largest absolute Gasteiger partial charge is 0.493 e. The normalized spacial score (nSPS) is 10.2. The summed E-state index contributed by atoms with van der Waals surface area (Å²) < 4.78 is 26.7. The third kappa shape index (κ3) is 5.40. The molecule has 0 bridgehead atoms. The molecule has 0 saturated carbocycles. The molecule has 1 N–H and O–H groups in total. The molecular weight excluding hydrogens is 388 g/mol. The number of methoxy groups -OCH3 is 5. The van der Waals surface area contributed by atoms with Crippen LogP contribution in [0.2, 0.25) is 0 Å². The van der Waals surface area contributed by atoms with E-state index in [-0.39, 0.29) is 6.03 Å². The van der Waals surface area contributed by atoms with Crippen LogP contribution in [0.1, 0.15) is 11.1 Å². The Labute approximate surface area is 177 Å². The molecule has 30 heavy (non-hydrogen) atoms. The maximum Gasteiger partial charge on any atom is 0.317 e. The van der Waals surface area contributed by atoms with Gasteiger partial charge in [0.15, 0.2) is 23.0 Å². The molecule has 0 aromatic heterocycles. The van der Waals surface area contributed by atoms with Gasteiger partial charge >= 0.3 is 6.03 Å². The Morgan fingerprint density at radius 2 is 1.47 bits per heavy atom. The zero-order chi connectivity index (χ0) is 22.1. The third-order valence-electron chi connectivity index (χ3n) is 4.68. The van der Waals surface area contributed by atoms with Crippen molar-refractivity contribution >= 4 is 6.03 Å². The first kappa shape index (κ1) is 23.0. The first-order valence-corrected chi connectivity index (χ1v) is 9.46. The average molecular weight is 418 g/mol. The lowest BCUT2D eigenvalue weighted by Crippen LogP contribution is -2.37. The minimum Gasteiger partial charge on any atom is -0.493 e. The van der Waals surface area contributed by atoms with Crippen molar-refractivity contribution in [1.82, 2.24) is 10.2 Å². The summed E-state index contributed by atoms with van der Waals surface area (Å²) in [5.41, 5.74) is 1.85. The van der Waals surface area contributed by atoms with Crippen LogP contribution in [0, 0.1) is 0 Å². The molecule has 2 aromatic carbocycles. The number of hydrogen-bond acceptors (Lipinski definition) is 6. The molecule has 0 aliphatic rings. The van der Waals surface area contributed by atoms with E-state index in [1.165, 1.54) is 0 Å². The number of carbonyl (C=O) groups is 1. The van der Waals surface area contributed by atoms with Gasteiger partial charge in [-0.25, -0.2) is 4.79 Å². The quantitative estimate of drug-likeness (QED) is 0.639. The van der Waals surface area contributed by atoms with Crippen molar-refractivity contribution in [1.29, 1.82) is 0 Å². The lowest BCUT2D eigenvalue weighted by molar-refractivity contribution is 0.206. The van der Waals surface area contributed by atoms with Crippen LogP contribution in [0.15, 0.2) is 30.3 Å². The van der Waals surface area contributed by atoms with Crippen LogP contribution in [0.25, 0.3) is 0 Å². The fraction of sp³-hybridized carbons (Fsp3) is 0.409. The fourth-order valence-corrected chi connectivity index (χ4v) is 3.10. The molecule has 2 aromatic rings.